The fourth-order valence-electron chi connectivity index (χ4n) is 9.21. The molecule has 5 amide bonds. The highest BCUT2D eigenvalue weighted by Gasteiger charge is 2.45. The summed E-state index contributed by atoms with van der Waals surface area (Å²) in [5.41, 5.74) is 2.46. The van der Waals surface area contributed by atoms with Crippen LogP contribution in [-0.2, 0) is 14.4 Å². The Morgan fingerprint density at radius 3 is 2.34 bits per heavy atom. The third kappa shape index (κ3) is 8.06. The number of benzene rings is 2. The van der Waals surface area contributed by atoms with Crippen molar-refractivity contribution in [2.24, 2.45) is 5.92 Å². The number of hydrogen-bond acceptors (Lipinski definition) is 13. The fraction of sp³-hybridized carbons (Fsp3) is 0.455. The van der Waals surface area contributed by atoms with Crippen LogP contribution in [0.25, 0.3) is 10.9 Å². The minimum Gasteiger partial charge on any atom is -0.478 e. The molecule has 3 fully saturated rings. The number of carbonyl (C=O) groups excluding carboxylic acids is 5. The van der Waals surface area contributed by atoms with Crippen LogP contribution in [0.1, 0.15) is 80.1 Å². The highest BCUT2D eigenvalue weighted by atomic mass is 35.5. The van der Waals surface area contributed by atoms with E-state index in [1.807, 2.05) is 38.1 Å². The Morgan fingerprint density at radius 1 is 0.919 bits per heavy atom. The van der Waals surface area contributed by atoms with Crippen LogP contribution in [0.3, 0.4) is 0 Å². The topological polar surface area (TPSA) is 191 Å². The molecule has 2 aromatic heterocycles. The lowest BCUT2D eigenvalue weighted by molar-refractivity contribution is -0.136. The van der Waals surface area contributed by atoms with E-state index in [2.05, 4.69) is 49.5 Å². The molecule has 18 heteroatoms. The summed E-state index contributed by atoms with van der Waals surface area (Å²) in [5.74, 6) is -0.848. The predicted octanol–water partition coefficient (Wildman–Crippen LogP) is 4.11. The van der Waals surface area contributed by atoms with Gasteiger partial charge in [-0.2, -0.15) is 4.98 Å². The molecule has 4 aliphatic rings. The average molecular weight is 867 g/mol. The quantitative estimate of drug-likeness (QED) is 0.183. The van der Waals surface area contributed by atoms with Crippen LogP contribution >= 0.6 is 11.6 Å². The molecule has 4 aliphatic heterocycles. The number of aromatic nitrogens is 3. The number of piperidine rings is 2. The van der Waals surface area contributed by atoms with E-state index in [9.17, 15) is 28.8 Å². The molecular weight excluding hydrogens is 816 g/mol. The molecule has 0 radical (unpaired) electrons. The van der Waals surface area contributed by atoms with Gasteiger partial charge in [-0.05, 0) is 95.3 Å². The number of anilines is 4. The highest BCUT2D eigenvalue weighted by Crippen LogP contribution is 2.37. The molecule has 0 aliphatic carbocycles. The van der Waals surface area contributed by atoms with Crippen molar-refractivity contribution >= 4 is 75.2 Å². The SMILES string of the molecule is CNC(=O)COc1cc2cc(Nc3nc(N4CCN(C(C)(C)C5CCN(c6ccc7c(c6)C(=O)N(C6CCC(=O)NC6=O)C7=O)CC5)CC4)ncc3Cl)ccc2n(C(C)C)c1=O. The number of piperazine rings is 1. The molecule has 8 rings (SSSR count). The lowest BCUT2D eigenvalue weighted by Crippen LogP contribution is -2.59. The van der Waals surface area contributed by atoms with Gasteiger partial charge >= 0.3 is 0 Å². The maximum absolute atomic E-state index is 13.4. The van der Waals surface area contributed by atoms with Gasteiger partial charge in [0.1, 0.15) is 11.1 Å². The summed E-state index contributed by atoms with van der Waals surface area (Å²) >= 11 is 6.63. The number of amides is 5. The summed E-state index contributed by atoms with van der Waals surface area (Å²) in [6.07, 6.45) is 3.69. The van der Waals surface area contributed by atoms with Crippen molar-refractivity contribution in [3.8, 4) is 5.75 Å². The standard InChI is InChI=1S/C44H51ClN10O7/c1-25(2)54-33-9-6-28(20-26(33)21-35(42(54)61)62-24-37(57)46-5)48-38-32(45)23-47-43(50-38)52-16-18-53(19-17-52)44(3,4)27-12-14-51(15-13-27)29-7-8-30-31(22-29)41(60)55(40(30)59)34-10-11-36(56)49-39(34)58/h6-9,20-23,25,27,34H,10-19,24H2,1-5H3,(H,46,57)(H,47,48,50)(H,49,56,58). The van der Waals surface area contributed by atoms with Crippen molar-refractivity contribution in [2.75, 3.05) is 68.0 Å². The van der Waals surface area contributed by atoms with E-state index in [1.54, 1.807) is 29.0 Å². The normalized spacial score (nSPS) is 19.0. The molecule has 17 nitrogen and oxygen atoms in total. The minimum absolute atomic E-state index is 0.0781. The molecule has 4 aromatic rings. The third-order valence-electron chi connectivity index (χ3n) is 12.8. The molecule has 326 valence electrons. The van der Waals surface area contributed by atoms with E-state index in [1.165, 1.54) is 7.05 Å². The summed E-state index contributed by atoms with van der Waals surface area (Å²) in [4.78, 5) is 93.4. The van der Waals surface area contributed by atoms with E-state index < -0.39 is 29.7 Å². The largest absolute Gasteiger partial charge is 0.478 e. The van der Waals surface area contributed by atoms with Crippen LogP contribution < -0.4 is 36.0 Å². The number of nitrogens with one attached hydrogen (secondary N) is 3. The summed E-state index contributed by atoms with van der Waals surface area (Å²) < 4.78 is 7.26. The van der Waals surface area contributed by atoms with Gasteiger partial charge in [-0.15, -0.1) is 0 Å². The number of halogens is 1. The van der Waals surface area contributed by atoms with Crippen molar-refractivity contribution in [3.63, 3.8) is 0 Å². The average Bonchev–Trinajstić information content (AvgIpc) is 3.51. The molecule has 62 heavy (non-hydrogen) atoms. The molecule has 0 saturated carbocycles. The second kappa shape index (κ2) is 17.0. The zero-order valence-corrected chi connectivity index (χ0v) is 36.3. The first kappa shape index (κ1) is 42.6. The van der Waals surface area contributed by atoms with Crippen molar-refractivity contribution in [3.05, 3.63) is 75.2 Å². The molecule has 3 saturated heterocycles. The van der Waals surface area contributed by atoms with Crippen molar-refractivity contribution in [2.45, 2.75) is 71.0 Å². The van der Waals surface area contributed by atoms with Gasteiger partial charge in [0.2, 0.25) is 17.8 Å². The molecule has 3 N–H and O–H groups in total. The number of likely N-dealkylation sites (N-methyl/N-ethyl adjacent to an activating group) is 1. The van der Waals surface area contributed by atoms with E-state index >= 15 is 0 Å². The lowest BCUT2D eigenvalue weighted by atomic mass is 9.78. The van der Waals surface area contributed by atoms with Crippen LogP contribution in [0.2, 0.25) is 5.02 Å². The number of fused-ring (bicyclic) bond motifs is 2. The maximum Gasteiger partial charge on any atom is 0.293 e. The van der Waals surface area contributed by atoms with E-state index in [4.69, 9.17) is 21.3 Å². The molecular formula is C44H51ClN10O7. The smallest absolute Gasteiger partial charge is 0.293 e. The van der Waals surface area contributed by atoms with Crippen molar-refractivity contribution < 1.29 is 28.7 Å². The molecule has 1 unspecified atom stereocenters. The number of ether oxygens (including phenoxy) is 1. The maximum atomic E-state index is 13.4. The van der Waals surface area contributed by atoms with Gasteiger partial charge in [0, 0.05) is 81.1 Å². The molecule has 2 aromatic carbocycles. The monoisotopic (exact) mass is 866 g/mol. The highest BCUT2D eigenvalue weighted by molar-refractivity contribution is 6.33. The zero-order valence-electron chi connectivity index (χ0n) is 35.5. The molecule has 1 atom stereocenters. The number of hydrogen-bond donors (Lipinski definition) is 3. The van der Waals surface area contributed by atoms with Crippen LogP contribution in [0.4, 0.5) is 23.1 Å². The Morgan fingerprint density at radius 2 is 1.65 bits per heavy atom. The lowest BCUT2D eigenvalue weighted by Gasteiger charge is -2.50. The second-order valence-electron chi connectivity index (χ2n) is 17.1. The van der Waals surface area contributed by atoms with Gasteiger partial charge in [-0.1, -0.05) is 11.6 Å². The van der Waals surface area contributed by atoms with E-state index in [0.29, 0.717) is 34.0 Å². The Labute approximate surface area is 363 Å². The third-order valence-corrected chi connectivity index (χ3v) is 13.1. The number of carbonyl (C=O) groups is 5. The van der Waals surface area contributed by atoms with Crippen LogP contribution in [0, 0.1) is 5.92 Å². The van der Waals surface area contributed by atoms with Crippen LogP contribution in [0.5, 0.6) is 5.75 Å². The molecule has 0 spiro atoms. The van der Waals surface area contributed by atoms with Crippen LogP contribution in [-0.4, -0.2) is 118 Å². The summed E-state index contributed by atoms with van der Waals surface area (Å²) in [6.45, 7) is 12.9. The first-order valence-corrected chi connectivity index (χ1v) is 21.4. The van der Waals surface area contributed by atoms with Gasteiger partial charge in [-0.25, -0.2) is 4.98 Å². The summed E-state index contributed by atoms with van der Waals surface area (Å²) in [5, 5.41) is 9.18. The van der Waals surface area contributed by atoms with Crippen LogP contribution in [0.15, 0.2) is 53.5 Å². The molecule has 6 heterocycles. The predicted molar refractivity (Wildman–Crippen MR) is 234 cm³/mol. The number of rotatable bonds is 11. The van der Waals surface area contributed by atoms with Gasteiger partial charge in [0.05, 0.1) is 22.8 Å². The fourth-order valence-corrected chi connectivity index (χ4v) is 9.34. The summed E-state index contributed by atoms with van der Waals surface area (Å²) in [6, 6.07) is 11.4. The van der Waals surface area contributed by atoms with Crippen molar-refractivity contribution in [1.82, 2.24) is 35.0 Å². The second-order valence-corrected chi connectivity index (χ2v) is 17.5. The Hall–Kier alpha value is -6.07. The van der Waals surface area contributed by atoms with Gasteiger partial charge < -0.3 is 29.7 Å². The van der Waals surface area contributed by atoms with Crippen molar-refractivity contribution in [1.29, 1.82) is 0 Å². The van der Waals surface area contributed by atoms with Gasteiger partial charge in [0.15, 0.2) is 18.2 Å². The van der Waals surface area contributed by atoms with E-state index in [-0.39, 0.29) is 53.8 Å². The number of imide groups is 2. The molecule has 0 bridgehead atoms. The van der Waals surface area contributed by atoms with Gasteiger partial charge in [0.25, 0.3) is 23.3 Å². The number of nitrogens with zero attached hydrogens (tertiary/aromatic N) is 7. The summed E-state index contributed by atoms with van der Waals surface area (Å²) in [7, 11) is 1.51. The Bertz CT molecular complexity index is 2530. The zero-order chi connectivity index (χ0) is 44.0. The first-order valence-electron chi connectivity index (χ1n) is 21.1. The van der Waals surface area contributed by atoms with E-state index in [0.717, 1.165) is 73.6 Å². The van der Waals surface area contributed by atoms with Gasteiger partial charge in [-0.3, -0.25) is 43.9 Å². The Kier molecular flexibility index (Phi) is 11.7. The minimum atomic E-state index is -0.993. The first-order chi connectivity index (χ1) is 29.6. The Balaban J connectivity index is 0.887. The number of pyridine rings is 1.